The van der Waals surface area contributed by atoms with E-state index < -0.39 is 12.1 Å². The fraction of sp³-hybridized carbons (Fsp3) is 0.333. The summed E-state index contributed by atoms with van der Waals surface area (Å²) >= 11 is 2.54. The zero-order valence-electron chi connectivity index (χ0n) is 17.1. The number of hydrogen-bond acceptors (Lipinski definition) is 10. The van der Waals surface area contributed by atoms with Crippen molar-refractivity contribution >= 4 is 40.0 Å². The number of anilines is 1. The van der Waals surface area contributed by atoms with Crippen LogP contribution in [0, 0.1) is 0 Å². The summed E-state index contributed by atoms with van der Waals surface area (Å²) in [6, 6.07) is 7.35. The number of ether oxygens (including phenoxy) is 3. The molecule has 5 rings (SSSR count). The first-order valence-corrected chi connectivity index (χ1v) is 11.8. The summed E-state index contributed by atoms with van der Waals surface area (Å²) in [5.41, 5.74) is 1.46. The number of amides is 1. The molecule has 1 atom stereocenters. The number of para-hydroxylation sites is 2. The van der Waals surface area contributed by atoms with Crippen LogP contribution in [0.3, 0.4) is 0 Å². The number of aryl methyl sites for hydroxylation is 1. The molecule has 166 valence electrons. The van der Waals surface area contributed by atoms with Gasteiger partial charge in [-0.25, -0.2) is 4.79 Å². The Morgan fingerprint density at radius 1 is 1.25 bits per heavy atom. The fourth-order valence-corrected chi connectivity index (χ4v) is 5.51. The lowest BCUT2D eigenvalue weighted by Gasteiger charge is -2.23. The van der Waals surface area contributed by atoms with Crippen molar-refractivity contribution in [3.05, 3.63) is 46.2 Å². The Bertz CT molecular complexity index is 1170. The van der Waals surface area contributed by atoms with Crippen molar-refractivity contribution in [3.63, 3.8) is 0 Å². The third-order valence-corrected chi connectivity index (χ3v) is 7.12. The average molecular weight is 474 g/mol. The zero-order valence-corrected chi connectivity index (χ0v) is 18.7. The Kier molecular flexibility index (Phi) is 5.75. The minimum Gasteiger partial charge on any atom is -0.485 e. The molecule has 2 aliphatic rings. The number of methoxy groups -OCH3 is 1. The van der Waals surface area contributed by atoms with Crippen LogP contribution in [0.1, 0.15) is 39.2 Å². The Labute approximate surface area is 191 Å². The number of aromatic nitrogens is 2. The normalized spacial score (nSPS) is 16.5. The van der Waals surface area contributed by atoms with Crippen molar-refractivity contribution in [1.29, 1.82) is 0 Å². The fourth-order valence-electron chi connectivity index (χ4n) is 3.65. The van der Waals surface area contributed by atoms with Crippen LogP contribution in [-0.2, 0) is 22.4 Å². The second kappa shape index (κ2) is 8.83. The van der Waals surface area contributed by atoms with Gasteiger partial charge < -0.3 is 23.9 Å². The van der Waals surface area contributed by atoms with Gasteiger partial charge in [0.25, 0.3) is 11.1 Å². The number of carbonyl (C=O) groups is 2. The Balaban J connectivity index is 1.20. The van der Waals surface area contributed by atoms with Gasteiger partial charge in [-0.3, -0.25) is 4.79 Å². The zero-order chi connectivity index (χ0) is 22.1. The van der Waals surface area contributed by atoms with Crippen molar-refractivity contribution in [3.8, 4) is 11.5 Å². The van der Waals surface area contributed by atoms with E-state index in [0.29, 0.717) is 22.1 Å². The number of hydrogen-bond donors (Lipinski definition) is 1. The molecule has 1 N–H and O–H groups in total. The molecule has 11 heteroatoms. The van der Waals surface area contributed by atoms with E-state index in [9.17, 15) is 9.59 Å². The van der Waals surface area contributed by atoms with E-state index in [1.54, 1.807) is 6.07 Å². The van der Waals surface area contributed by atoms with Gasteiger partial charge in [0.05, 0.1) is 18.4 Å². The van der Waals surface area contributed by atoms with Crippen LogP contribution in [0.5, 0.6) is 11.5 Å². The summed E-state index contributed by atoms with van der Waals surface area (Å²) in [4.78, 5) is 25.9. The van der Waals surface area contributed by atoms with Gasteiger partial charge in [-0.1, -0.05) is 23.9 Å². The molecule has 0 saturated carbocycles. The van der Waals surface area contributed by atoms with Gasteiger partial charge in [0, 0.05) is 4.88 Å². The average Bonchev–Trinajstić information content (AvgIpc) is 3.53. The van der Waals surface area contributed by atoms with E-state index in [0.717, 1.165) is 41.5 Å². The number of benzene rings is 1. The number of nitrogens with one attached hydrogen (secondary N) is 1. The first-order valence-electron chi connectivity index (χ1n) is 9.99. The quantitative estimate of drug-likeness (QED) is 0.423. The Hall–Kier alpha value is -3.05. The molecule has 1 aromatic carbocycles. The molecule has 1 aliphatic carbocycles. The van der Waals surface area contributed by atoms with Gasteiger partial charge in [0.15, 0.2) is 11.5 Å². The van der Waals surface area contributed by atoms with Gasteiger partial charge in [-0.2, -0.15) is 0 Å². The van der Waals surface area contributed by atoms with Gasteiger partial charge >= 0.3 is 5.97 Å². The maximum absolute atomic E-state index is 12.5. The molecule has 0 saturated heterocycles. The maximum Gasteiger partial charge on any atom is 0.341 e. The van der Waals surface area contributed by atoms with Crippen LogP contribution < -0.4 is 14.8 Å². The van der Waals surface area contributed by atoms with Crippen LogP contribution in [-0.4, -0.2) is 41.5 Å². The third-order valence-electron chi connectivity index (χ3n) is 5.10. The number of fused-ring (bicyclic) bond motifs is 2. The summed E-state index contributed by atoms with van der Waals surface area (Å²) in [6.07, 6.45) is 2.23. The van der Waals surface area contributed by atoms with Crippen molar-refractivity contribution in [2.45, 2.75) is 30.6 Å². The lowest BCUT2D eigenvalue weighted by Crippen LogP contribution is -2.21. The third kappa shape index (κ3) is 4.05. The van der Waals surface area contributed by atoms with Gasteiger partial charge in [0.1, 0.15) is 11.6 Å². The predicted octanol–water partition coefficient (Wildman–Crippen LogP) is 3.65. The molecule has 1 unspecified atom stereocenters. The highest BCUT2D eigenvalue weighted by Crippen LogP contribution is 2.40. The van der Waals surface area contributed by atoms with E-state index in [2.05, 4.69) is 15.5 Å². The second-order valence-corrected chi connectivity index (χ2v) is 9.19. The minimum absolute atomic E-state index is 0.0513. The SMILES string of the molecule is COC(=O)c1c(NC(=O)CSc2nnc(C3COc4ccccc4O3)o2)sc2c1CCC2. The van der Waals surface area contributed by atoms with Crippen LogP contribution in [0.25, 0.3) is 0 Å². The number of carbonyl (C=O) groups excluding carboxylic acids is 2. The van der Waals surface area contributed by atoms with E-state index in [4.69, 9.17) is 18.6 Å². The highest BCUT2D eigenvalue weighted by Gasteiger charge is 2.29. The van der Waals surface area contributed by atoms with Crippen LogP contribution in [0.2, 0.25) is 0 Å². The molecular weight excluding hydrogens is 454 g/mol. The van der Waals surface area contributed by atoms with Crippen LogP contribution in [0.4, 0.5) is 5.00 Å². The van der Waals surface area contributed by atoms with Crippen molar-refractivity contribution in [2.75, 3.05) is 24.8 Å². The molecule has 2 aromatic heterocycles. The van der Waals surface area contributed by atoms with Gasteiger partial charge in [-0.05, 0) is 37.0 Å². The summed E-state index contributed by atoms with van der Waals surface area (Å²) < 4.78 is 22.1. The molecule has 0 fully saturated rings. The Morgan fingerprint density at radius 3 is 2.94 bits per heavy atom. The van der Waals surface area contributed by atoms with E-state index in [-0.39, 0.29) is 29.4 Å². The maximum atomic E-state index is 12.5. The van der Waals surface area contributed by atoms with Crippen LogP contribution >= 0.6 is 23.1 Å². The van der Waals surface area contributed by atoms with E-state index in [1.165, 1.54) is 18.4 Å². The summed E-state index contributed by atoms with van der Waals surface area (Å²) in [6.45, 7) is 0.253. The van der Waals surface area contributed by atoms with Crippen molar-refractivity contribution in [1.82, 2.24) is 10.2 Å². The molecule has 1 aliphatic heterocycles. The summed E-state index contributed by atoms with van der Waals surface area (Å²) in [5, 5.41) is 11.6. The number of thioether (sulfide) groups is 1. The topological polar surface area (TPSA) is 113 Å². The van der Waals surface area contributed by atoms with Gasteiger partial charge in [0.2, 0.25) is 12.0 Å². The van der Waals surface area contributed by atoms with Gasteiger partial charge in [-0.15, -0.1) is 21.5 Å². The Morgan fingerprint density at radius 2 is 2.09 bits per heavy atom. The molecule has 1 amide bonds. The molecule has 0 spiro atoms. The standard InChI is InChI=1S/C21H19N3O6S2/c1-27-20(26)17-11-5-4-8-15(11)32-19(17)22-16(25)10-31-21-24-23-18(30-21)14-9-28-12-6-2-3-7-13(12)29-14/h2-3,6-7,14H,4-5,8-10H2,1H3,(H,22,25). The first-order chi connectivity index (χ1) is 15.6. The first kappa shape index (κ1) is 20.8. The molecule has 32 heavy (non-hydrogen) atoms. The lowest BCUT2D eigenvalue weighted by molar-refractivity contribution is -0.113. The molecule has 0 bridgehead atoms. The van der Waals surface area contributed by atoms with Crippen molar-refractivity contribution < 1.29 is 28.2 Å². The number of esters is 1. The number of thiophene rings is 1. The largest absolute Gasteiger partial charge is 0.485 e. The van der Waals surface area contributed by atoms with Crippen LogP contribution in [0.15, 0.2) is 33.9 Å². The molecule has 0 radical (unpaired) electrons. The lowest BCUT2D eigenvalue weighted by atomic mass is 10.1. The minimum atomic E-state index is -0.517. The second-order valence-electron chi connectivity index (χ2n) is 7.16. The molecule has 3 aromatic rings. The van der Waals surface area contributed by atoms with E-state index in [1.807, 2.05) is 18.2 Å². The molecular formula is C21H19N3O6S2. The highest BCUT2D eigenvalue weighted by molar-refractivity contribution is 7.99. The molecule has 3 heterocycles. The number of rotatable bonds is 6. The summed E-state index contributed by atoms with van der Waals surface area (Å²) in [7, 11) is 1.34. The van der Waals surface area contributed by atoms with Crippen molar-refractivity contribution in [2.24, 2.45) is 0 Å². The smallest absolute Gasteiger partial charge is 0.341 e. The molecule has 9 nitrogen and oxygen atoms in total. The predicted molar refractivity (Wildman–Crippen MR) is 117 cm³/mol. The monoisotopic (exact) mass is 473 g/mol. The number of nitrogens with zero attached hydrogens (tertiary/aromatic N) is 2. The summed E-state index contributed by atoms with van der Waals surface area (Å²) in [5.74, 6) is 0.914. The highest BCUT2D eigenvalue weighted by atomic mass is 32.2. The van der Waals surface area contributed by atoms with E-state index >= 15 is 0 Å².